The van der Waals surface area contributed by atoms with Crippen LogP contribution in [0, 0.1) is 10.1 Å². The lowest BCUT2D eigenvalue weighted by Gasteiger charge is -2.40. The van der Waals surface area contributed by atoms with E-state index < -0.39 is 36.6 Å². The van der Waals surface area contributed by atoms with Gasteiger partial charge in [0.05, 0.1) is 7.11 Å². The maximum Gasteiger partial charge on any atom is 0.460 e. The highest BCUT2D eigenvalue weighted by molar-refractivity contribution is 6.74. The molecule has 1 rings (SSSR count). The van der Waals surface area contributed by atoms with Crippen molar-refractivity contribution in [1.29, 1.82) is 0 Å². The van der Waals surface area contributed by atoms with Gasteiger partial charge in [-0.1, -0.05) is 32.9 Å². The van der Waals surface area contributed by atoms with Gasteiger partial charge in [0.2, 0.25) is 0 Å². The van der Waals surface area contributed by atoms with Crippen LogP contribution in [0.5, 0.6) is 5.75 Å². The van der Waals surface area contributed by atoms with Crippen molar-refractivity contribution in [3.8, 4) is 5.75 Å². The number of alkyl halides is 3. The van der Waals surface area contributed by atoms with Crippen molar-refractivity contribution in [3.05, 3.63) is 39.9 Å². The molecular formula is C16H24F3NO4Si. The van der Waals surface area contributed by atoms with Gasteiger partial charge in [0.25, 0.3) is 0 Å². The summed E-state index contributed by atoms with van der Waals surface area (Å²) in [5.74, 6) is 0.311. The van der Waals surface area contributed by atoms with Gasteiger partial charge < -0.3 is 9.16 Å². The van der Waals surface area contributed by atoms with E-state index >= 15 is 0 Å². The van der Waals surface area contributed by atoms with Gasteiger partial charge in [0, 0.05) is 4.92 Å². The third-order valence-electron chi connectivity index (χ3n) is 4.50. The fourth-order valence-corrected chi connectivity index (χ4v) is 3.28. The molecule has 0 heterocycles. The Hall–Kier alpha value is -1.61. The molecular weight excluding hydrogens is 355 g/mol. The first-order chi connectivity index (χ1) is 11.2. The van der Waals surface area contributed by atoms with E-state index in [-0.39, 0.29) is 5.56 Å². The maximum absolute atomic E-state index is 13.4. The van der Waals surface area contributed by atoms with Crippen molar-refractivity contribution in [2.24, 2.45) is 0 Å². The van der Waals surface area contributed by atoms with Gasteiger partial charge in [-0.3, -0.25) is 10.1 Å². The minimum absolute atomic E-state index is 0.0724. The summed E-state index contributed by atoms with van der Waals surface area (Å²) in [4.78, 5) is 9.92. The van der Waals surface area contributed by atoms with E-state index in [0.29, 0.717) is 5.75 Å². The SMILES string of the molecule is COc1cccc([C@H](O[Si](C)(C)C(C)(C)C)[C@@H]([N+](=O)[O-])C(F)(F)F)c1. The summed E-state index contributed by atoms with van der Waals surface area (Å²) < 4.78 is 51.2. The third kappa shape index (κ3) is 5.18. The molecule has 0 aliphatic heterocycles. The molecule has 0 radical (unpaired) electrons. The highest BCUT2D eigenvalue weighted by Crippen LogP contribution is 2.43. The van der Waals surface area contributed by atoms with Crippen LogP contribution in [0.4, 0.5) is 13.2 Å². The molecule has 1 aromatic carbocycles. The predicted octanol–water partition coefficient (Wildman–Crippen LogP) is 4.97. The molecule has 0 aliphatic carbocycles. The summed E-state index contributed by atoms with van der Waals surface area (Å²) in [6.45, 7) is 9.09. The van der Waals surface area contributed by atoms with Crippen molar-refractivity contribution < 1.29 is 27.3 Å². The van der Waals surface area contributed by atoms with Gasteiger partial charge in [0.1, 0.15) is 11.9 Å². The zero-order valence-corrected chi connectivity index (χ0v) is 16.2. The molecule has 25 heavy (non-hydrogen) atoms. The van der Waals surface area contributed by atoms with Crippen LogP contribution in [0.15, 0.2) is 24.3 Å². The first-order valence-corrected chi connectivity index (χ1v) is 10.6. The quantitative estimate of drug-likeness (QED) is 0.398. The number of methoxy groups -OCH3 is 1. The Morgan fingerprint density at radius 3 is 2.16 bits per heavy atom. The van der Waals surface area contributed by atoms with E-state index in [1.54, 1.807) is 19.2 Å². The number of nitro groups is 1. The predicted molar refractivity (Wildman–Crippen MR) is 90.9 cm³/mol. The number of rotatable bonds is 6. The lowest BCUT2D eigenvalue weighted by Crippen LogP contribution is -2.49. The molecule has 0 bridgehead atoms. The largest absolute Gasteiger partial charge is 0.497 e. The van der Waals surface area contributed by atoms with Gasteiger partial charge in [-0.15, -0.1) is 0 Å². The highest BCUT2D eigenvalue weighted by Gasteiger charge is 2.57. The van der Waals surface area contributed by atoms with Crippen molar-refractivity contribution >= 4 is 8.32 Å². The lowest BCUT2D eigenvalue weighted by molar-refractivity contribution is -0.574. The molecule has 0 saturated carbocycles. The van der Waals surface area contributed by atoms with Crippen LogP contribution in [0.3, 0.4) is 0 Å². The van der Waals surface area contributed by atoms with Gasteiger partial charge in [-0.2, -0.15) is 13.2 Å². The van der Waals surface area contributed by atoms with E-state index in [9.17, 15) is 23.3 Å². The smallest absolute Gasteiger partial charge is 0.460 e. The van der Waals surface area contributed by atoms with E-state index in [1.165, 1.54) is 25.3 Å². The molecule has 0 N–H and O–H groups in total. The average molecular weight is 379 g/mol. The number of hydrogen-bond acceptors (Lipinski definition) is 4. The third-order valence-corrected chi connectivity index (χ3v) is 8.95. The van der Waals surface area contributed by atoms with Crippen LogP contribution < -0.4 is 4.74 Å². The molecule has 0 spiro atoms. The van der Waals surface area contributed by atoms with E-state index in [0.717, 1.165) is 0 Å². The Bertz CT molecular complexity index is 614. The number of halogens is 3. The minimum Gasteiger partial charge on any atom is -0.497 e. The average Bonchev–Trinajstić information content (AvgIpc) is 2.43. The monoisotopic (exact) mass is 379 g/mol. The summed E-state index contributed by atoms with van der Waals surface area (Å²) in [6, 6.07) is 2.93. The Balaban J connectivity index is 3.47. The lowest BCUT2D eigenvalue weighted by atomic mass is 10.0. The highest BCUT2D eigenvalue weighted by atomic mass is 28.4. The molecule has 0 unspecified atom stereocenters. The fraction of sp³-hybridized carbons (Fsp3) is 0.625. The fourth-order valence-electron chi connectivity index (χ4n) is 2.03. The second kappa shape index (κ2) is 7.33. The van der Waals surface area contributed by atoms with Gasteiger partial charge >= 0.3 is 12.2 Å². The molecule has 0 aliphatic rings. The van der Waals surface area contributed by atoms with Crippen LogP contribution in [-0.2, 0) is 4.43 Å². The van der Waals surface area contributed by atoms with Crippen molar-refractivity contribution in [2.45, 2.75) is 57.2 Å². The summed E-state index contributed by atoms with van der Waals surface area (Å²) >= 11 is 0. The van der Waals surface area contributed by atoms with Gasteiger partial charge in [0.15, 0.2) is 8.32 Å². The van der Waals surface area contributed by atoms with E-state index in [1.807, 2.05) is 20.8 Å². The molecule has 2 atom stereocenters. The molecule has 0 saturated heterocycles. The molecule has 0 fully saturated rings. The van der Waals surface area contributed by atoms with Gasteiger partial charge in [-0.25, -0.2) is 0 Å². The van der Waals surface area contributed by atoms with Crippen molar-refractivity contribution in [1.82, 2.24) is 0 Å². The van der Waals surface area contributed by atoms with Crippen LogP contribution in [0.1, 0.15) is 32.4 Å². The first kappa shape index (κ1) is 21.4. The van der Waals surface area contributed by atoms with Crippen molar-refractivity contribution in [3.63, 3.8) is 0 Å². The second-order valence-electron chi connectivity index (χ2n) is 7.35. The molecule has 5 nitrogen and oxygen atoms in total. The zero-order valence-electron chi connectivity index (χ0n) is 15.2. The normalized spacial score (nSPS) is 15.6. The topological polar surface area (TPSA) is 61.6 Å². The number of nitrogens with zero attached hydrogens (tertiary/aromatic N) is 1. The number of hydrogen-bond donors (Lipinski definition) is 0. The Morgan fingerprint density at radius 1 is 1.20 bits per heavy atom. The summed E-state index contributed by atoms with van der Waals surface area (Å²) in [7, 11) is -1.34. The van der Waals surface area contributed by atoms with Crippen LogP contribution >= 0.6 is 0 Å². The minimum atomic E-state index is -5.04. The zero-order chi connectivity index (χ0) is 19.6. The Morgan fingerprint density at radius 2 is 1.76 bits per heavy atom. The standard InChI is InChI=1S/C16H24F3NO4Si/c1-15(2,3)25(5,6)24-13(14(20(21)22)16(17,18)19)11-8-7-9-12(10-11)23-4/h7-10,13-14H,1-6H3/t13-,14+/m0/s1. The van der Waals surface area contributed by atoms with E-state index in [4.69, 9.17) is 9.16 Å². The van der Waals surface area contributed by atoms with Crippen LogP contribution in [0.2, 0.25) is 18.1 Å². The number of ether oxygens (including phenoxy) is 1. The maximum atomic E-state index is 13.4. The summed E-state index contributed by atoms with van der Waals surface area (Å²) in [5.41, 5.74) is 0.0724. The first-order valence-electron chi connectivity index (χ1n) is 7.72. The van der Waals surface area contributed by atoms with E-state index in [2.05, 4.69) is 0 Å². The van der Waals surface area contributed by atoms with Crippen LogP contribution in [-0.4, -0.2) is 32.6 Å². The van der Waals surface area contributed by atoms with Crippen LogP contribution in [0.25, 0.3) is 0 Å². The number of benzene rings is 1. The summed E-state index contributed by atoms with van der Waals surface area (Å²) in [5, 5.41) is 10.8. The second-order valence-corrected chi connectivity index (χ2v) is 12.1. The Labute approximate surface area is 146 Å². The van der Waals surface area contributed by atoms with Gasteiger partial charge in [-0.05, 0) is 35.8 Å². The van der Waals surface area contributed by atoms with Crippen molar-refractivity contribution in [2.75, 3.05) is 7.11 Å². The molecule has 0 amide bonds. The molecule has 1 aromatic rings. The molecule has 0 aromatic heterocycles. The molecule has 9 heteroatoms. The summed E-state index contributed by atoms with van der Waals surface area (Å²) in [6.07, 6.45) is -6.79. The Kier molecular flexibility index (Phi) is 6.28. The molecule has 142 valence electrons.